The molecule has 148 valence electrons. The van der Waals surface area contributed by atoms with Crippen LogP contribution in [0.3, 0.4) is 0 Å². The summed E-state index contributed by atoms with van der Waals surface area (Å²) in [5, 5.41) is 15.4. The molecule has 0 unspecified atom stereocenters. The Morgan fingerprint density at radius 1 is 1.10 bits per heavy atom. The van der Waals surface area contributed by atoms with Crippen LogP contribution < -0.4 is 4.74 Å². The molecule has 1 heterocycles. The van der Waals surface area contributed by atoms with Gasteiger partial charge in [-0.1, -0.05) is 47.6 Å². The van der Waals surface area contributed by atoms with Crippen LogP contribution in [-0.4, -0.2) is 23.0 Å². The molecule has 1 aliphatic rings. The van der Waals surface area contributed by atoms with E-state index in [-0.39, 0.29) is 41.2 Å². The van der Waals surface area contributed by atoms with Gasteiger partial charge in [-0.15, -0.1) is 0 Å². The third kappa shape index (κ3) is 3.29. The number of benzene rings is 2. The Hall–Kier alpha value is -3.48. The number of ether oxygens (including phenoxy) is 1. The van der Waals surface area contributed by atoms with Crippen LogP contribution in [0, 0.1) is 17.0 Å². The predicted octanol–water partition coefficient (Wildman–Crippen LogP) is 4.52. The first kappa shape index (κ1) is 18.9. The van der Waals surface area contributed by atoms with Crippen molar-refractivity contribution >= 4 is 11.5 Å². The molecule has 1 aliphatic carbocycles. The third-order valence-electron chi connectivity index (χ3n) is 5.61. The lowest BCUT2D eigenvalue weighted by Gasteiger charge is -2.23. The molecule has 1 fully saturated rings. The molecule has 0 saturated heterocycles. The molecule has 3 atom stereocenters. The van der Waals surface area contributed by atoms with Gasteiger partial charge in [-0.25, -0.2) is 0 Å². The zero-order valence-electron chi connectivity index (χ0n) is 16.1. The lowest BCUT2D eigenvalue weighted by atomic mass is 9.78. The third-order valence-corrected chi connectivity index (χ3v) is 5.61. The monoisotopic (exact) mass is 392 g/mol. The molecule has 0 N–H and O–H groups in total. The summed E-state index contributed by atoms with van der Waals surface area (Å²) in [7, 11) is 1.59. The maximum Gasteiger partial charge on any atom is 0.335 e. The first-order valence-corrected chi connectivity index (χ1v) is 9.33. The molecule has 0 amide bonds. The standard InChI is InChI=1S/C22H20N2O5/c1-13-21(24(26)27)22(29-23-13)20-18(25)12-17(14-6-4-3-5-7-14)19(20)15-8-10-16(28-2)11-9-15/h3-11,17,19-20H,12H2,1-2H3/t17-,19-,20-/m1/s1. The number of hydrogen-bond donors (Lipinski definition) is 0. The molecule has 1 saturated carbocycles. The van der Waals surface area contributed by atoms with E-state index in [2.05, 4.69) is 5.16 Å². The number of carbonyl (C=O) groups is 1. The normalized spacial score (nSPS) is 21.3. The summed E-state index contributed by atoms with van der Waals surface area (Å²) in [5.74, 6) is -0.535. The summed E-state index contributed by atoms with van der Waals surface area (Å²) >= 11 is 0. The molecule has 7 nitrogen and oxygen atoms in total. The van der Waals surface area contributed by atoms with Crippen molar-refractivity contribution in [1.29, 1.82) is 0 Å². The van der Waals surface area contributed by atoms with Gasteiger partial charge in [0, 0.05) is 12.3 Å². The van der Waals surface area contributed by atoms with E-state index in [0.29, 0.717) is 5.75 Å². The highest BCUT2D eigenvalue weighted by Crippen LogP contribution is 2.54. The van der Waals surface area contributed by atoms with Gasteiger partial charge in [0.2, 0.25) is 5.76 Å². The summed E-state index contributed by atoms with van der Waals surface area (Å²) in [6.45, 7) is 1.52. The highest BCUT2D eigenvalue weighted by Gasteiger charge is 2.49. The van der Waals surface area contributed by atoms with Crippen molar-refractivity contribution in [1.82, 2.24) is 5.16 Å². The second kappa shape index (κ2) is 7.50. The van der Waals surface area contributed by atoms with E-state index < -0.39 is 10.8 Å². The van der Waals surface area contributed by atoms with Crippen LogP contribution in [-0.2, 0) is 4.79 Å². The second-order valence-electron chi connectivity index (χ2n) is 7.20. The first-order valence-electron chi connectivity index (χ1n) is 9.33. The van der Waals surface area contributed by atoms with Gasteiger partial charge in [-0.2, -0.15) is 0 Å². The van der Waals surface area contributed by atoms with E-state index in [1.54, 1.807) is 7.11 Å². The number of nitrogens with zero attached hydrogens (tertiary/aromatic N) is 2. The minimum atomic E-state index is -0.768. The Morgan fingerprint density at radius 2 is 1.79 bits per heavy atom. The fourth-order valence-electron chi connectivity index (χ4n) is 4.30. The molecule has 0 aliphatic heterocycles. The minimum absolute atomic E-state index is 0.0387. The number of rotatable bonds is 5. The van der Waals surface area contributed by atoms with E-state index in [4.69, 9.17) is 9.26 Å². The molecule has 29 heavy (non-hydrogen) atoms. The van der Waals surface area contributed by atoms with E-state index in [9.17, 15) is 14.9 Å². The summed E-state index contributed by atoms with van der Waals surface area (Å²) < 4.78 is 10.6. The summed E-state index contributed by atoms with van der Waals surface area (Å²) in [6, 6.07) is 17.2. The highest BCUT2D eigenvalue weighted by atomic mass is 16.6. The second-order valence-corrected chi connectivity index (χ2v) is 7.20. The molecule has 7 heteroatoms. The maximum absolute atomic E-state index is 13.1. The fraction of sp³-hybridized carbons (Fsp3) is 0.273. The number of hydrogen-bond acceptors (Lipinski definition) is 6. The van der Waals surface area contributed by atoms with Crippen molar-refractivity contribution < 1.29 is 19.0 Å². The van der Waals surface area contributed by atoms with Gasteiger partial charge in [0.05, 0.1) is 18.0 Å². The van der Waals surface area contributed by atoms with Crippen LogP contribution in [0.4, 0.5) is 5.69 Å². The van der Waals surface area contributed by atoms with E-state index in [0.717, 1.165) is 11.1 Å². The van der Waals surface area contributed by atoms with E-state index >= 15 is 0 Å². The number of aromatic nitrogens is 1. The van der Waals surface area contributed by atoms with Gasteiger partial charge in [0.25, 0.3) is 0 Å². The van der Waals surface area contributed by atoms with Gasteiger partial charge in [-0.3, -0.25) is 14.9 Å². The molecule has 3 aromatic rings. The van der Waals surface area contributed by atoms with Crippen LogP contribution in [0.15, 0.2) is 59.1 Å². The number of nitro groups is 1. The van der Waals surface area contributed by atoms with Crippen LogP contribution in [0.1, 0.15) is 46.8 Å². The smallest absolute Gasteiger partial charge is 0.335 e. The maximum atomic E-state index is 13.1. The summed E-state index contributed by atoms with van der Waals surface area (Å²) in [6.07, 6.45) is 0.280. The average Bonchev–Trinajstić information content (AvgIpc) is 3.28. The molecule has 2 aromatic carbocycles. The average molecular weight is 392 g/mol. The molecule has 0 radical (unpaired) electrons. The Labute approximate surface area is 167 Å². The summed E-state index contributed by atoms with van der Waals surface area (Å²) in [5.41, 5.74) is 1.88. The lowest BCUT2D eigenvalue weighted by molar-refractivity contribution is -0.386. The van der Waals surface area contributed by atoms with Crippen LogP contribution >= 0.6 is 0 Å². The van der Waals surface area contributed by atoms with Crippen molar-refractivity contribution in [2.24, 2.45) is 0 Å². The van der Waals surface area contributed by atoms with Gasteiger partial charge >= 0.3 is 5.69 Å². The van der Waals surface area contributed by atoms with Crippen molar-refractivity contribution in [3.63, 3.8) is 0 Å². The lowest BCUT2D eigenvalue weighted by Crippen LogP contribution is -2.15. The zero-order chi connectivity index (χ0) is 20.5. The zero-order valence-corrected chi connectivity index (χ0v) is 16.1. The number of carbonyl (C=O) groups excluding carboxylic acids is 1. The minimum Gasteiger partial charge on any atom is -0.497 e. The Balaban J connectivity index is 1.86. The van der Waals surface area contributed by atoms with Gasteiger partial charge < -0.3 is 9.26 Å². The van der Waals surface area contributed by atoms with Crippen molar-refractivity contribution in [2.75, 3.05) is 7.11 Å². The number of ketones is 1. The fourth-order valence-corrected chi connectivity index (χ4v) is 4.30. The van der Waals surface area contributed by atoms with Crippen LogP contribution in [0.2, 0.25) is 0 Å². The molecule has 4 rings (SSSR count). The van der Waals surface area contributed by atoms with Crippen molar-refractivity contribution in [3.05, 3.63) is 87.3 Å². The Kier molecular flexibility index (Phi) is 4.88. The van der Waals surface area contributed by atoms with Crippen LogP contribution in [0.5, 0.6) is 5.75 Å². The number of methoxy groups -OCH3 is 1. The molecular formula is C22H20N2O5. The van der Waals surface area contributed by atoms with Gasteiger partial charge in [0.15, 0.2) is 5.69 Å². The first-order chi connectivity index (χ1) is 14.0. The SMILES string of the molecule is COc1ccc([C@@H]2[C@@H](c3ccccc3)CC(=O)[C@H]2c2onc(C)c2[N+](=O)[O-])cc1. The van der Waals surface area contributed by atoms with E-state index in [1.165, 1.54) is 6.92 Å². The van der Waals surface area contributed by atoms with Crippen molar-refractivity contribution in [2.45, 2.75) is 31.1 Å². The summed E-state index contributed by atoms with van der Waals surface area (Å²) in [4.78, 5) is 24.2. The number of aryl methyl sites for hydroxylation is 1. The largest absolute Gasteiger partial charge is 0.497 e. The van der Waals surface area contributed by atoms with Gasteiger partial charge in [0.1, 0.15) is 11.5 Å². The predicted molar refractivity (Wildman–Crippen MR) is 105 cm³/mol. The van der Waals surface area contributed by atoms with Crippen LogP contribution in [0.25, 0.3) is 0 Å². The topological polar surface area (TPSA) is 95.5 Å². The highest BCUT2D eigenvalue weighted by molar-refractivity contribution is 5.91. The molecule has 1 aromatic heterocycles. The molecule has 0 bridgehead atoms. The van der Waals surface area contributed by atoms with Crippen molar-refractivity contribution in [3.8, 4) is 5.75 Å². The van der Waals surface area contributed by atoms with Gasteiger partial charge in [-0.05, 0) is 36.1 Å². The Morgan fingerprint density at radius 3 is 2.41 bits per heavy atom. The quantitative estimate of drug-likeness (QED) is 0.468. The van der Waals surface area contributed by atoms with E-state index in [1.807, 2.05) is 54.6 Å². The Bertz CT molecular complexity index is 1040. The molecule has 0 spiro atoms. The molecular weight excluding hydrogens is 372 g/mol. The number of Topliss-reactive ketones (excluding diaryl/α,β-unsaturated/α-hetero) is 1.